The highest BCUT2D eigenvalue weighted by Crippen LogP contribution is 2.22. The third-order valence-corrected chi connectivity index (χ3v) is 4.83. The highest BCUT2D eigenvalue weighted by atomic mass is 15.3. The molecule has 1 saturated heterocycles. The molecule has 2 rings (SSSR count). The van der Waals surface area contributed by atoms with E-state index in [0.717, 1.165) is 32.0 Å². The number of piperidine rings is 1. The topological polar surface area (TPSA) is 33.1 Å². The van der Waals surface area contributed by atoms with E-state index in [1.165, 1.54) is 37.3 Å². The lowest BCUT2D eigenvalue weighted by Gasteiger charge is -2.35. The van der Waals surface area contributed by atoms with Crippen molar-refractivity contribution >= 4 is 0 Å². The molecule has 0 aliphatic carbocycles. The van der Waals surface area contributed by atoms with Gasteiger partial charge in [-0.15, -0.1) is 0 Å². The molecule has 1 fully saturated rings. The molecule has 0 spiro atoms. The van der Waals surface area contributed by atoms with Crippen LogP contribution in [0.25, 0.3) is 0 Å². The minimum atomic E-state index is 0.657. The summed E-state index contributed by atoms with van der Waals surface area (Å²) in [7, 11) is 0. The Kier molecular flexibility index (Phi) is 6.24. The van der Waals surface area contributed by atoms with Crippen molar-refractivity contribution in [1.82, 2.24) is 20.0 Å². The number of rotatable bonds is 7. The van der Waals surface area contributed by atoms with Crippen molar-refractivity contribution in [3.63, 3.8) is 0 Å². The standard InChI is InChI=1S/C17H32N4/c1-5-16-12-17(21(7-3)19-16)13-20-10-8-15(9-11-20)14(4)18-6-2/h12,14-15,18H,5-11,13H2,1-4H3. The molecule has 0 bridgehead atoms. The Morgan fingerprint density at radius 1 is 1.29 bits per heavy atom. The van der Waals surface area contributed by atoms with Gasteiger partial charge in [0, 0.05) is 19.1 Å². The van der Waals surface area contributed by atoms with E-state index in [-0.39, 0.29) is 0 Å². The number of aryl methyl sites for hydroxylation is 2. The normalized spacial score (nSPS) is 19.0. The first-order valence-electron chi connectivity index (χ1n) is 8.69. The van der Waals surface area contributed by atoms with Crippen LogP contribution in [0.15, 0.2) is 6.07 Å². The molecule has 0 aromatic carbocycles. The maximum absolute atomic E-state index is 4.66. The molecule has 1 N–H and O–H groups in total. The van der Waals surface area contributed by atoms with E-state index >= 15 is 0 Å². The average molecular weight is 292 g/mol. The van der Waals surface area contributed by atoms with Crippen LogP contribution in [-0.2, 0) is 19.5 Å². The summed E-state index contributed by atoms with van der Waals surface area (Å²) in [6.45, 7) is 14.4. The van der Waals surface area contributed by atoms with E-state index < -0.39 is 0 Å². The maximum Gasteiger partial charge on any atom is 0.0625 e. The smallest absolute Gasteiger partial charge is 0.0625 e. The van der Waals surface area contributed by atoms with Crippen LogP contribution >= 0.6 is 0 Å². The second-order valence-corrected chi connectivity index (χ2v) is 6.26. The molecule has 120 valence electrons. The maximum atomic E-state index is 4.66. The Morgan fingerprint density at radius 2 is 2.00 bits per heavy atom. The van der Waals surface area contributed by atoms with Crippen molar-refractivity contribution in [3.05, 3.63) is 17.5 Å². The third-order valence-electron chi connectivity index (χ3n) is 4.83. The molecule has 1 aliphatic heterocycles. The molecule has 1 unspecified atom stereocenters. The van der Waals surface area contributed by atoms with E-state index in [2.05, 4.69) is 53.8 Å². The summed E-state index contributed by atoms with van der Waals surface area (Å²) in [6.07, 6.45) is 3.66. The van der Waals surface area contributed by atoms with Crippen LogP contribution in [0.3, 0.4) is 0 Å². The Balaban J connectivity index is 1.87. The SMILES string of the molecule is CCNC(C)C1CCN(Cc2cc(CC)nn2CC)CC1. The highest BCUT2D eigenvalue weighted by molar-refractivity contribution is 5.10. The molecule has 1 aromatic heterocycles. The summed E-state index contributed by atoms with van der Waals surface area (Å²) in [5.74, 6) is 0.837. The van der Waals surface area contributed by atoms with Gasteiger partial charge in [0.15, 0.2) is 0 Å². The van der Waals surface area contributed by atoms with E-state index in [1.807, 2.05) is 0 Å². The molecule has 0 radical (unpaired) electrons. The molecule has 0 amide bonds. The van der Waals surface area contributed by atoms with Crippen LogP contribution < -0.4 is 5.32 Å². The fourth-order valence-electron chi connectivity index (χ4n) is 3.42. The van der Waals surface area contributed by atoms with Crippen molar-refractivity contribution < 1.29 is 0 Å². The van der Waals surface area contributed by atoms with Gasteiger partial charge in [-0.05, 0) is 64.7 Å². The summed E-state index contributed by atoms with van der Waals surface area (Å²) in [4.78, 5) is 2.60. The number of nitrogens with one attached hydrogen (secondary N) is 1. The van der Waals surface area contributed by atoms with E-state index in [0.29, 0.717) is 6.04 Å². The van der Waals surface area contributed by atoms with E-state index in [1.54, 1.807) is 0 Å². The average Bonchev–Trinajstić information content (AvgIpc) is 2.90. The Labute approximate surface area is 129 Å². The molecule has 21 heavy (non-hydrogen) atoms. The number of hydrogen-bond donors (Lipinski definition) is 1. The zero-order valence-corrected chi connectivity index (χ0v) is 14.2. The second kappa shape index (κ2) is 7.95. The third kappa shape index (κ3) is 4.30. The van der Waals surface area contributed by atoms with Gasteiger partial charge in [0.25, 0.3) is 0 Å². The van der Waals surface area contributed by atoms with Gasteiger partial charge in [-0.3, -0.25) is 9.58 Å². The van der Waals surface area contributed by atoms with Gasteiger partial charge in [-0.1, -0.05) is 13.8 Å². The van der Waals surface area contributed by atoms with Gasteiger partial charge in [0.05, 0.1) is 11.4 Å². The molecular weight excluding hydrogens is 260 g/mol. The van der Waals surface area contributed by atoms with Gasteiger partial charge in [-0.2, -0.15) is 5.10 Å². The lowest BCUT2D eigenvalue weighted by molar-refractivity contribution is 0.154. The van der Waals surface area contributed by atoms with Crippen molar-refractivity contribution in [2.75, 3.05) is 19.6 Å². The zero-order chi connectivity index (χ0) is 15.2. The van der Waals surface area contributed by atoms with Gasteiger partial charge in [0.2, 0.25) is 0 Å². The Bertz CT molecular complexity index is 418. The molecule has 4 nitrogen and oxygen atoms in total. The van der Waals surface area contributed by atoms with E-state index in [4.69, 9.17) is 0 Å². The molecule has 4 heteroatoms. The molecular formula is C17H32N4. The Hall–Kier alpha value is -0.870. The fraction of sp³-hybridized carbons (Fsp3) is 0.824. The molecule has 0 saturated carbocycles. The summed E-state index contributed by atoms with van der Waals surface area (Å²) in [6, 6.07) is 2.95. The highest BCUT2D eigenvalue weighted by Gasteiger charge is 2.24. The second-order valence-electron chi connectivity index (χ2n) is 6.26. The lowest BCUT2D eigenvalue weighted by atomic mass is 9.90. The molecule has 1 aliphatic rings. The largest absolute Gasteiger partial charge is 0.314 e. The summed E-state index contributed by atoms with van der Waals surface area (Å²) in [5, 5.41) is 8.24. The number of nitrogens with zero attached hydrogens (tertiary/aromatic N) is 3. The van der Waals surface area contributed by atoms with Gasteiger partial charge >= 0.3 is 0 Å². The van der Waals surface area contributed by atoms with Crippen molar-refractivity contribution in [2.45, 2.75) is 66.1 Å². The monoisotopic (exact) mass is 292 g/mol. The summed E-state index contributed by atoms with van der Waals surface area (Å²) < 4.78 is 2.17. The lowest BCUT2D eigenvalue weighted by Crippen LogP contribution is -2.41. The zero-order valence-electron chi connectivity index (χ0n) is 14.2. The van der Waals surface area contributed by atoms with Crippen molar-refractivity contribution in [2.24, 2.45) is 5.92 Å². The van der Waals surface area contributed by atoms with Gasteiger partial charge in [-0.25, -0.2) is 0 Å². The molecule has 1 aromatic rings. The van der Waals surface area contributed by atoms with Gasteiger partial charge in [0.1, 0.15) is 0 Å². The van der Waals surface area contributed by atoms with Crippen molar-refractivity contribution in [3.8, 4) is 0 Å². The van der Waals surface area contributed by atoms with Crippen LogP contribution in [0, 0.1) is 5.92 Å². The van der Waals surface area contributed by atoms with Gasteiger partial charge < -0.3 is 5.32 Å². The fourth-order valence-corrected chi connectivity index (χ4v) is 3.42. The number of likely N-dealkylation sites (tertiary alicyclic amines) is 1. The predicted octanol–water partition coefficient (Wildman–Crippen LogP) is 2.68. The van der Waals surface area contributed by atoms with Crippen LogP contribution in [0.2, 0.25) is 0 Å². The first-order valence-corrected chi connectivity index (χ1v) is 8.69. The minimum absolute atomic E-state index is 0.657. The Morgan fingerprint density at radius 3 is 2.57 bits per heavy atom. The first-order chi connectivity index (χ1) is 10.2. The molecule has 1 atom stereocenters. The van der Waals surface area contributed by atoms with Crippen LogP contribution in [0.4, 0.5) is 0 Å². The summed E-state index contributed by atoms with van der Waals surface area (Å²) >= 11 is 0. The first kappa shape index (κ1) is 16.5. The molecule has 2 heterocycles. The van der Waals surface area contributed by atoms with Crippen LogP contribution in [0.1, 0.15) is 51.9 Å². The predicted molar refractivity (Wildman–Crippen MR) is 88.4 cm³/mol. The van der Waals surface area contributed by atoms with Crippen molar-refractivity contribution in [1.29, 1.82) is 0 Å². The quantitative estimate of drug-likeness (QED) is 0.839. The minimum Gasteiger partial charge on any atom is -0.314 e. The van der Waals surface area contributed by atoms with Crippen LogP contribution in [-0.4, -0.2) is 40.4 Å². The number of hydrogen-bond acceptors (Lipinski definition) is 3. The van der Waals surface area contributed by atoms with Crippen LogP contribution in [0.5, 0.6) is 0 Å². The number of aromatic nitrogens is 2. The van der Waals surface area contributed by atoms with E-state index in [9.17, 15) is 0 Å². The summed E-state index contributed by atoms with van der Waals surface area (Å²) in [5.41, 5.74) is 2.61.